The van der Waals surface area contributed by atoms with E-state index in [9.17, 15) is 0 Å². The Kier molecular flexibility index (Phi) is 6.05. The molecule has 1 saturated heterocycles. The molecule has 16 heavy (non-hydrogen) atoms. The lowest BCUT2D eigenvalue weighted by Crippen LogP contribution is -2.22. The molecule has 2 heterocycles. The van der Waals surface area contributed by atoms with Gasteiger partial charge in [-0.25, -0.2) is 0 Å². The molecule has 1 aliphatic heterocycles. The normalized spacial score (nSPS) is 21.1. The van der Waals surface area contributed by atoms with Crippen molar-refractivity contribution in [2.45, 2.75) is 13.0 Å². The van der Waals surface area contributed by atoms with Crippen molar-refractivity contribution < 1.29 is 0 Å². The van der Waals surface area contributed by atoms with E-state index < -0.39 is 0 Å². The van der Waals surface area contributed by atoms with Gasteiger partial charge in [-0.2, -0.15) is 0 Å². The third-order valence-electron chi connectivity index (χ3n) is 2.78. The summed E-state index contributed by atoms with van der Waals surface area (Å²) in [5.74, 6) is 0.684. The van der Waals surface area contributed by atoms with Crippen LogP contribution in [0.4, 0.5) is 0 Å². The predicted molar refractivity (Wildman–Crippen MR) is 76.7 cm³/mol. The summed E-state index contributed by atoms with van der Waals surface area (Å²) in [6.45, 7) is 4.11. The Morgan fingerprint density at radius 2 is 2.38 bits per heavy atom. The van der Waals surface area contributed by atoms with E-state index in [1.165, 1.54) is 11.3 Å². The van der Waals surface area contributed by atoms with Crippen LogP contribution in [0.15, 0.2) is 10.5 Å². The van der Waals surface area contributed by atoms with Crippen molar-refractivity contribution in [2.24, 2.45) is 11.7 Å². The predicted octanol–water partition coefficient (Wildman–Crippen LogP) is 3.37. The van der Waals surface area contributed by atoms with Gasteiger partial charge in [-0.3, -0.25) is 4.90 Å². The quantitative estimate of drug-likeness (QED) is 0.910. The SMILES string of the molecule is Cl.NCC1CCN(Cc2cc(Br)c(Cl)s2)C1. The standard InChI is InChI=1S/C10H14BrClN2S.ClH/c11-9-3-8(15-10(9)12)6-14-2-1-7(4-13)5-14;/h3,7H,1-2,4-6,13H2;1H. The molecule has 2 N–H and O–H groups in total. The molecule has 6 heteroatoms. The number of nitrogens with two attached hydrogens (primary N) is 1. The van der Waals surface area contributed by atoms with Gasteiger partial charge in [0.1, 0.15) is 4.34 Å². The van der Waals surface area contributed by atoms with Crippen LogP contribution in [0.25, 0.3) is 0 Å². The number of thiophene rings is 1. The smallest absolute Gasteiger partial charge is 0.107 e. The third kappa shape index (κ3) is 3.59. The lowest BCUT2D eigenvalue weighted by atomic mass is 10.1. The summed E-state index contributed by atoms with van der Waals surface area (Å²) in [4.78, 5) is 3.77. The molecule has 1 aromatic rings. The Labute approximate surface area is 120 Å². The van der Waals surface area contributed by atoms with Crippen LogP contribution < -0.4 is 5.73 Å². The summed E-state index contributed by atoms with van der Waals surface area (Å²) >= 11 is 11.1. The largest absolute Gasteiger partial charge is 0.330 e. The zero-order chi connectivity index (χ0) is 10.8. The molecule has 1 aromatic heterocycles. The van der Waals surface area contributed by atoms with Gasteiger partial charge < -0.3 is 5.73 Å². The van der Waals surface area contributed by atoms with Gasteiger partial charge in [0.05, 0.1) is 0 Å². The molecule has 0 radical (unpaired) electrons. The summed E-state index contributed by atoms with van der Waals surface area (Å²) in [7, 11) is 0. The molecule has 0 saturated carbocycles. The fraction of sp³-hybridized carbons (Fsp3) is 0.600. The molecule has 92 valence electrons. The Bertz CT molecular complexity index is 326. The molecule has 2 nitrogen and oxygen atoms in total. The van der Waals surface area contributed by atoms with Crippen LogP contribution in [0.5, 0.6) is 0 Å². The highest BCUT2D eigenvalue weighted by molar-refractivity contribution is 9.10. The summed E-state index contributed by atoms with van der Waals surface area (Å²) in [5.41, 5.74) is 5.66. The lowest BCUT2D eigenvalue weighted by molar-refractivity contribution is 0.320. The van der Waals surface area contributed by atoms with Crippen LogP contribution in [0.2, 0.25) is 4.34 Å². The van der Waals surface area contributed by atoms with Crippen molar-refractivity contribution in [3.8, 4) is 0 Å². The van der Waals surface area contributed by atoms with Crippen molar-refractivity contribution in [2.75, 3.05) is 19.6 Å². The molecule has 0 aliphatic carbocycles. The molecule has 0 bridgehead atoms. The average molecular weight is 346 g/mol. The second kappa shape index (κ2) is 6.57. The Balaban J connectivity index is 0.00000128. The van der Waals surface area contributed by atoms with Crippen molar-refractivity contribution in [3.63, 3.8) is 0 Å². The molecular formula is C10H15BrCl2N2S. The van der Waals surface area contributed by atoms with Gasteiger partial charge >= 0.3 is 0 Å². The van der Waals surface area contributed by atoms with Gasteiger partial charge in [-0.05, 0) is 47.4 Å². The Morgan fingerprint density at radius 3 is 2.88 bits per heavy atom. The highest BCUT2D eigenvalue weighted by Gasteiger charge is 2.21. The van der Waals surface area contributed by atoms with Crippen molar-refractivity contribution in [3.05, 3.63) is 19.8 Å². The van der Waals surface area contributed by atoms with Gasteiger partial charge in [0.25, 0.3) is 0 Å². The van der Waals surface area contributed by atoms with Crippen molar-refractivity contribution in [1.82, 2.24) is 4.90 Å². The van der Waals surface area contributed by atoms with Crippen molar-refractivity contribution >= 4 is 51.3 Å². The molecule has 0 aromatic carbocycles. The van der Waals surface area contributed by atoms with E-state index in [0.717, 1.165) is 35.0 Å². The maximum Gasteiger partial charge on any atom is 0.107 e. The zero-order valence-corrected chi connectivity index (χ0v) is 12.8. The van der Waals surface area contributed by atoms with E-state index >= 15 is 0 Å². The number of hydrogen-bond donors (Lipinski definition) is 1. The van der Waals surface area contributed by atoms with Gasteiger partial charge in [-0.15, -0.1) is 23.7 Å². The Hall–Kier alpha value is 0.680. The first-order chi connectivity index (χ1) is 7.19. The minimum atomic E-state index is 0. The van der Waals surface area contributed by atoms with E-state index in [1.807, 2.05) is 0 Å². The first kappa shape index (κ1) is 14.7. The molecule has 1 atom stereocenters. The molecule has 1 unspecified atom stereocenters. The van der Waals surface area contributed by atoms with E-state index in [2.05, 4.69) is 26.9 Å². The highest BCUT2D eigenvalue weighted by atomic mass is 79.9. The highest BCUT2D eigenvalue weighted by Crippen LogP contribution is 2.33. The van der Waals surface area contributed by atoms with E-state index in [1.54, 1.807) is 11.3 Å². The zero-order valence-electron chi connectivity index (χ0n) is 8.79. The molecule has 0 spiro atoms. The minimum Gasteiger partial charge on any atom is -0.330 e. The van der Waals surface area contributed by atoms with Gasteiger partial charge in [-0.1, -0.05) is 11.6 Å². The summed E-state index contributed by atoms with van der Waals surface area (Å²) in [5, 5.41) is 0. The fourth-order valence-electron chi connectivity index (χ4n) is 1.94. The first-order valence-corrected chi connectivity index (χ1v) is 7.04. The molecule has 0 amide bonds. The fourth-order valence-corrected chi connectivity index (χ4v) is 3.77. The number of likely N-dealkylation sites (tertiary alicyclic amines) is 1. The minimum absolute atomic E-state index is 0. The van der Waals surface area contributed by atoms with E-state index in [0.29, 0.717) is 5.92 Å². The van der Waals surface area contributed by atoms with Crippen LogP contribution >= 0.6 is 51.3 Å². The number of nitrogens with zero attached hydrogens (tertiary/aromatic N) is 1. The van der Waals surface area contributed by atoms with Crippen LogP contribution in [0.3, 0.4) is 0 Å². The van der Waals surface area contributed by atoms with Gasteiger partial charge in [0, 0.05) is 22.4 Å². The van der Waals surface area contributed by atoms with Gasteiger partial charge in [0.15, 0.2) is 0 Å². The molecule has 1 aliphatic rings. The topological polar surface area (TPSA) is 29.3 Å². The molecule has 1 fully saturated rings. The molecule has 2 rings (SSSR count). The summed E-state index contributed by atoms with van der Waals surface area (Å²) in [6, 6.07) is 2.11. The third-order valence-corrected chi connectivity index (χ3v) is 5.24. The average Bonchev–Trinajstić information content (AvgIpc) is 2.76. The van der Waals surface area contributed by atoms with Crippen LogP contribution in [-0.4, -0.2) is 24.5 Å². The van der Waals surface area contributed by atoms with Crippen LogP contribution in [0.1, 0.15) is 11.3 Å². The number of hydrogen-bond acceptors (Lipinski definition) is 3. The second-order valence-corrected chi connectivity index (χ2v) is 6.55. The number of rotatable bonds is 3. The molecular weight excluding hydrogens is 331 g/mol. The lowest BCUT2D eigenvalue weighted by Gasteiger charge is -2.13. The van der Waals surface area contributed by atoms with Crippen LogP contribution in [0, 0.1) is 5.92 Å². The first-order valence-electron chi connectivity index (χ1n) is 5.05. The van der Waals surface area contributed by atoms with Crippen LogP contribution in [-0.2, 0) is 6.54 Å². The monoisotopic (exact) mass is 344 g/mol. The summed E-state index contributed by atoms with van der Waals surface area (Å²) < 4.78 is 1.86. The van der Waals surface area contributed by atoms with Gasteiger partial charge in [0.2, 0.25) is 0 Å². The number of halogens is 3. The summed E-state index contributed by atoms with van der Waals surface area (Å²) in [6.07, 6.45) is 1.23. The maximum absolute atomic E-state index is 6.00. The van der Waals surface area contributed by atoms with E-state index in [4.69, 9.17) is 17.3 Å². The second-order valence-electron chi connectivity index (χ2n) is 3.96. The van der Waals surface area contributed by atoms with Crippen molar-refractivity contribution in [1.29, 1.82) is 0 Å². The Morgan fingerprint density at radius 1 is 1.62 bits per heavy atom. The van der Waals surface area contributed by atoms with E-state index in [-0.39, 0.29) is 12.4 Å². The maximum atomic E-state index is 6.00.